The molecule has 0 atom stereocenters. The fourth-order valence-electron chi connectivity index (χ4n) is 2.55. The summed E-state index contributed by atoms with van der Waals surface area (Å²) in [6.07, 6.45) is 5.12. The Morgan fingerprint density at radius 3 is 1.48 bits per heavy atom. The zero-order valence-electron chi connectivity index (χ0n) is 14.1. The van der Waals surface area contributed by atoms with E-state index in [0.29, 0.717) is 12.8 Å². The van der Waals surface area contributed by atoms with Gasteiger partial charge in [0.25, 0.3) is 0 Å². The number of phenolic OH excluding ortho intramolecular Hbond substituents is 3. The third-order valence-corrected chi connectivity index (χ3v) is 5.01. The van der Waals surface area contributed by atoms with Crippen LogP contribution in [0.4, 0.5) is 0 Å². The van der Waals surface area contributed by atoms with Crippen LogP contribution in [-0.4, -0.2) is 37.5 Å². The third kappa shape index (κ3) is 6.62. The Hall–Kier alpha value is -1.08. The largest absolute Gasteiger partial charge is 0.507 e. The van der Waals surface area contributed by atoms with Gasteiger partial charge in [-0.15, -0.1) is 0 Å². The van der Waals surface area contributed by atoms with Gasteiger partial charge in [0, 0.05) is 29.6 Å². The maximum absolute atomic E-state index is 12.3. The third-order valence-electron chi connectivity index (χ3n) is 3.89. The van der Waals surface area contributed by atoms with Crippen molar-refractivity contribution in [1.82, 2.24) is 0 Å². The minimum atomic E-state index is -0.617. The number of Topliss-reactive ketones (excluding diaryl/α,β-unsaturated/α-hetero) is 2. The quantitative estimate of drug-likeness (QED) is 0.221. The smallest absolute Gasteiger partial charge is 0.170 e. The highest BCUT2D eigenvalue weighted by Gasteiger charge is 2.25. The number of rotatable bonds is 12. The van der Waals surface area contributed by atoms with Gasteiger partial charge in [-0.3, -0.25) is 9.59 Å². The van der Waals surface area contributed by atoms with Gasteiger partial charge in [-0.25, -0.2) is 0 Å². The number of hydrogen-bond donors (Lipinski definition) is 3. The van der Waals surface area contributed by atoms with E-state index in [1.54, 1.807) is 0 Å². The number of ketones is 2. The van der Waals surface area contributed by atoms with Crippen LogP contribution >= 0.6 is 31.9 Å². The first-order valence-electron chi connectivity index (χ1n) is 8.40. The van der Waals surface area contributed by atoms with Crippen molar-refractivity contribution in [1.29, 1.82) is 0 Å². The van der Waals surface area contributed by atoms with Gasteiger partial charge >= 0.3 is 0 Å². The molecule has 5 nitrogen and oxygen atoms in total. The molecule has 3 N–H and O–H groups in total. The van der Waals surface area contributed by atoms with Gasteiger partial charge in [0.2, 0.25) is 0 Å². The fourth-order valence-corrected chi connectivity index (χ4v) is 3.35. The summed E-state index contributed by atoms with van der Waals surface area (Å²) in [4.78, 5) is 24.6. The maximum Gasteiger partial charge on any atom is 0.170 e. The van der Waals surface area contributed by atoms with Crippen molar-refractivity contribution in [2.75, 3.05) is 10.7 Å². The molecule has 7 heteroatoms. The van der Waals surface area contributed by atoms with E-state index in [1.165, 1.54) is 0 Å². The van der Waals surface area contributed by atoms with Crippen molar-refractivity contribution >= 4 is 43.4 Å². The van der Waals surface area contributed by atoms with Crippen LogP contribution in [0.1, 0.15) is 72.1 Å². The molecule has 0 aliphatic heterocycles. The van der Waals surface area contributed by atoms with E-state index in [2.05, 4.69) is 31.9 Å². The number of hydrogen-bond acceptors (Lipinski definition) is 5. The first-order valence-corrected chi connectivity index (χ1v) is 10.6. The molecule has 0 spiro atoms. The molecule has 0 aliphatic carbocycles. The normalized spacial score (nSPS) is 10.8. The van der Waals surface area contributed by atoms with Crippen LogP contribution in [-0.2, 0) is 0 Å². The van der Waals surface area contributed by atoms with E-state index in [1.807, 2.05) is 0 Å². The van der Waals surface area contributed by atoms with Gasteiger partial charge in [-0.2, -0.15) is 0 Å². The lowest BCUT2D eigenvalue weighted by molar-refractivity contribution is 0.0971. The van der Waals surface area contributed by atoms with E-state index in [0.717, 1.165) is 42.4 Å². The number of halogens is 2. The van der Waals surface area contributed by atoms with Crippen LogP contribution in [0.15, 0.2) is 6.07 Å². The predicted octanol–water partition coefficient (Wildman–Crippen LogP) is 5.08. The highest BCUT2D eigenvalue weighted by Crippen LogP contribution is 2.39. The average molecular weight is 480 g/mol. The molecule has 0 amide bonds. The monoisotopic (exact) mass is 478 g/mol. The highest BCUT2D eigenvalue weighted by atomic mass is 79.9. The van der Waals surface area contributed by atoms with Gasteiger partial charge in [0.15, 0.2) is 11.6 Å². The molecule has 0 aromatic heterocycles. The molecule has 0 fully saturated rings. The molecule has 0 aliphatic rings. The first kappa shape index (κ1) is 22.0. The van der Waals surface area contributed by atoms with Gasteiger partial charge in [-0.05, 0) is 25.7 Å². The SMILES string of the molecule is O=C(CCCCCBr)c1c(O)cc(O)c(C(=O)CCCCCBr)c1O. The van der Waals surface area contributed by atoms with E-state index in [-0.39, 0.29) is 24.0 Å². The molecule has 0 saturated heterocycles. The Balaban J connectivity index is 2.93. The molecule has 0 saturated carbocycles. The zero-order chi connectivity index (χ0) is 18.8. The molecular formula is C18H24Br2O5. The van der Waals surface area contributed by atoms with E-state index >= 15 is 0 Å². The van der Waals surface area contributed by atoms with Crippen LogP contribution < -0.4 is 0 Å². The van der Waals surface area contributed by atoms with Gasteiger partial charge in [0.1, 0.15) is 28.4 Å². The van der Waals surface area contributed by atoms with Crippen molar-refractivity contribution in [2.45, 2.75) is 51.4 Å². The van der Waals surface area contributed by atoms with E-state index in [4.69, 9.17) is 0 Å². The summed E-state index contributed by atoms with van der Waals surface area (Å²) in [7, 11) is 0. The van der Waals surface area contributed by atoms with Crippen LogP contribution in [0.5, 0.6) is 17.2 Å². The van der Waals surface area contributed by atoms with E-state index < -0.39 is 28.8 Å². The first-order chi connectivity index (χ1) is 11.9. The molecule has 1 aromatic carbocycles. The Labute approximate surface area is 164 Å². The van der Waals surface area contributed by atoms with Gasteiger partial charge in [0.05, 0.1) is 0 Å². The van der Waals surface area contributed by atoms with Crippen molar-refractivity contribution in [3.63, 3.8) is 0 Å². The number of carbonyl (C=O) groups is 2. The molecule has 140 valence electrons. The number of unbranched alkanes of at least 4 members (excludes halogenated alkanes) is 4. The maximum atomic E-state index is 12.3. The molecule has 0 heterocycles. The second kappa shape index (κ2) is 11.5. The van der Waals surface area contributed by atoms with Gasteiger partial charge < -0.3 is 15.3 Å². The molecule has 0 bridgehead atoms. The Morgan fingerprint density at radius 1 is 0.720 bits per heavy atom. The van der Waals surface area contributed by atoms with Crippen molar-refractivity contribution in [3.05, 3.63) is 17.2 Å². The van der Waals surface area contributed by atoms with Crippen molar-refractivity contribution in [2.24, 2.45) is 0 Å². The van der Waals surface area contributed by atoms with Crippen molar-refractivity contribution < 1.29 is 24.9 Å². The van der Waals surface area contributed by atoms with Crippen molar-refractivity contribution in [3.8, 4) is 17.2 Å². The number of phenols is 3. The minimum Gasteiger partial charge on any atom is -0.507 e. The second-order valence-electron chi connectivity index (χ2n) is 5.86. The summed E-state index contributed by atoms with van der Waals surface area (Å²) < 4.78 is 0. The Bertz CT molecular complexity index is 553. The number of benzene rings is 1. The second-order valence-corrected chi connectivity index (χ2v) is 7.45. The number of aromatic hydroxyl groups is 3. The highest BCUT2D eigenvalue weighted by molar-refractivity contribution is 9.09. The Kier molecular flexibility index (Phi) is 10.1. The lowest BCUT2D eigenvalue weighted by Crippen LogP contribution is -2.06. The average Bonchev–Trinajstić information content (AvgIpc) is 2.55. The van der Waals surface area contributed by atoms with Crippen LogP contribution in [0.25, 0.3) is 0 Å². The van der Waals surface area contributed by atoms with Gasteiger partial charge in [-0.1, -0.05) is 44.7 Å². The summed E-state index contributed by atoms with van der Waals surface area (Å²) >= 11 is 6.63. The molecule has 0 unspecified atom stereocenters. The molecule has 0 radical (unpaired) electrons. The molecule has 1 rings (SSSR count). The summed E-state index contributed by atoms with van der Waals surface area (Å²) in [6.45, 7) is 0. The zero-order valence-corrected chi connectivity index (χ0v) is 17.2. The summed E-state index contributed by atoms with van der Waals surface area (Å²) in [5.74, 6) is -2.49. The fraction of sp³-hybridized carbons (Fsp3) is 0.556. The molecule has 1 aromatic rings. The Morgan fingerprint density at radius 2 is 1.12 bits per heavy atom. The van der Waals surface area contributed by atoms with Crippen LogP contribution in [0.3, 0.4) is 0 Å². The summed E-state index contributed by atoms with van der Waals surface area (Å²) in [5, 5.41) is 31.9. The van der Waals surface area contributed by atoms with Crippen LogP contribution in [0.2, 0.25) is 0 Å². The summed E-state index contributed by atoms with van der Waals surface area (Å²) in [5.41, 5.74) is -0.555. The summed E-state index contributed by atoms with van der Waals surface area (Å²) in [6, 6.07) is 0.956. The van der Waals surface area contributed by atoms with Crippen LogP contribution in [0, 0.1) is 0 Å². The molecule has 25 heavy (non-hydrogen) atoms. The molecular weight excluding hydrogens is 456 g/mol. The van der Waals surface area contributed by atoms with E-state index in [9.17, 15) is 24.9 Å². The number of alkyl halides is 2. The number of carbonyl (C=O) groups excluding carboxylic acids is 2. The predicted molar refractivity (Wildman–Crippen MR) is 105 cm³/mol. The minimum absolute atomic E-state index is 0.164. The topological polar surface area (TPSA) is 94.8 Å². The lowest BCUT2D eigenvalue weighted by Gasteiger charge is -2.12. The standard InChI is InChI=1S/C18H24Br2O5/c19-9-5-1-3-7-12(21)16-14(23)11-15(24)17(18(16)25)13(22)8-4-2-6-10-20/h11,23-25H,1-10H2. The lowest BCUT2D eigenvalue weighted by atomic mass is 9.95.